The normalized spacial score (nSPS) is 12.4. The van der Waals surface area contributed by atoms with Gasteiger partial charge in [0.05, 0.1) is 4.90 Å². The molecule has 23 heavy (non-hydrogen) atoms. The van der Waals surface area contributed by atoms with Gasteiger partial charge in [-0.3, -0.25) is 0 Å². The zero-order valence-corrected chi connectivity index (χ0v) is 16.5. The number of hydrogen-bond donors (Lipinski definition) is 1. The lowest BCUT2D eigenvalue weighted by Crippen LogP contribution is -2.29. The molecule has 4 nitrogen and oxygen atoms in total. The lowest BCUT2D eigenvalue weighted by Gasteiger charge is -2.20. The maximum absolute atomic E-state index is 12.7. The molecule has 0 aromatic heterocycles. The van der Waals surface area contributed by atoms with Crippen molar-refractivity contribution in [2.24, 2.45) is 0 Å². The number of sulfonamides is 1. The number of benzene rings is 1. The smallest absolute Gasteiger partial charge is 0.241 e. The van der Waals surface area contributed by atoms with E-state index in [0.29, 0.717) is 17.5 Å². The van der Waals surface area contributed by atoms with E-state index >= 15 is 0 Å². The summed E-state index contributed by atoms with van der Waals surface area (Å²) in [6, 6.07) is 2.57. The fraction of sp³-hybridized carbons (Fsp3) is 0.667. The Bertz CT molecular complexity index is 611. The molecule has 5 heteroatoms. The molecule has 1 N–H and O–H groups in total. The van der Waals surface area contributed by atoms with Crippen LogP contribution in [0, 0.1) is 27.7 Å². The zero-order valence-electron chi connectivity index (χ0n) is 15.7. The second-order valence-electron chi connectivity index (χ2n) is 6.77. The Labute approximate surface area is 142 Å². The first kappa shape index (κ1) is 20.1. The summed E-state index contributed by atoms with van der Waals surface area (Å²) < 4.78 is 28.1. The second-order valence-corrected chi connectivity index (χ2v) is 8.47. The van der Waals surface area contributed by atoms with Gasteiger partial charge in [-0.2, -0.15) is 0 Å². The average molecular weight is 341 g/mol. The van der Waals surface area contributed by atoms with Gasteiger partial charge in [-0.15, -0.1) is 0 Å². The molecular formula is C18H32N2O2S. The van der Waals surface area contributed by atoms with E-state index in [2.05, 4.69) is 30.5 Å². The number of rotatable bonds is 8. The Balaban J connectivity index is 2.71. The number of unbranched alkanes of at least 4 members (excludes halogenated alkanes) is 1. The molecule has 0 aliphatic heterocycles. The molecule has 0 amide bonds. The van der Waals surface area contributed by atoms with Crippen molar-refractivity contribution in [1.29, 1.82) is 0 Å². The Kier molecular flexibility index (Phi) is 7.24. The Morgan fingerprint density at radius 1 is 1.04 bits per heavy atom. The van der Waals surface area contributed by atoms with E-state index in [1.165, 1.54) is 0 Å². The molecule has 1 rings (SSSR count). The third kappa shape index (κ3) is 5.30. The van der Waals surface area contributed by atoms with Crippen LogP contribution in [0.3, 0.4) is 0 Å². The first-order valence-corrected chi connectivity index (χ1v) is 9.83. The molecule has 132 valence electrons. The molecule has 0 heterocycles. The van der Waals surface area contributed by atoms with Crippen LogP contribution in [0.2, 0.25) is 0 Å². The highest BCUT2D eigenvalue weighted by atomic mass is 32.2. The molecule has 0 saturated heterocycles. The summed E-state index contributed by atoms with van der Waals surface area (Å²) in [6.07, 6.45) is 1.83. The van der Waals surface area contributed by atoms with Gasteiger partial charge in [0.2, 0.25) is 10.0 Å². The highest BCUT2D eigenvalue weighted by molar-refractivity contribution is 7.89. The summed E-state index contributed by atoms with van der Waals surface area (Å²) in [4.78, 5) is 2.72. The van der Waals surface area contributed by atoms with Gasteiger partial charge in [-0.05, 0) is 90.2 Å². The lowest BCUT2D eigenvalue weighted by atomic mass is 10.0. The largest absolute Gasteiger partial charge is 0.304 e. The van der Waals surface area contributed by atoms with Crippen molar-refractivity contribution in [3.63, 3.8) is 0 Å². The van der Waals surface area contributed by atoms with Gasteiger partial charge in [0.15, 0.2) is 0 Å². The van der Waals surface area contributed by atoms with E-state index in [9.17, 15) is 8.42 Å². The SMILES string of the molecule is Cc1cc(C)c(C)c(S(=O)(=O)NCCCCN(C)C(C)C)c1C. The van der Waals surface area contributed by atoms with Crippen LogP contribution >= 0.6 is 0 Å². The van der Waals surface area contributed by atoms with Gasteiger partial charge < -0.3 is 4.90 Å². The Morgan fingerprint density at radius 3 is 2.04 bits per heavy atom. The second kappa shape index (κ2) is 8.27. The average Bonchev–Trinajstić information content (AvgIpc) is 2.44. The predicted molar refractivity (Wildman–Crippen MR) is 97.6 cm³/mol. The van der Waals surface area contributed by atoms with Crippen LogP contribution in [0.25, 0.3) is 0 Å². The molecule has 0 bridgehead atoms. The monoisotopic (exact) mass is 340 g/mol. The van der Waals surface area contributed by atoms with Crippen molar-refractivity contribution < 1.29 is 8.42 Å². The molecule has 0 saturated carbocycles. The van der Waals surface area contributed by atoms with Crippen molar-refractivity contribution in [3.05, 3.63) is 28.3 Å². The third-order valence-electron chi connectivity index (χ3n) is 4.68. The van der Waals surface area contributed by atoms with Crippen LogP contribution in [0.4, 0.5) is 0 Å². The number of nitrogens with zero attached hydrogens (tertiary/aromatic N) is 1. The van der Waals surface area contributed by atoms with Crippen LogP contribution in [0.1, 0.15) is 48.9 Å². The molecule has 0 aliphatic carbocycles. The van der Waals surface area contributed by atoms with Crippen molar-refractivity contribution >= 4 is 10.0 Å². The van der Waals surface area contributed by atoms with E-state index in [0.717, 1.165) is 41.6 Å². The molecule has 0 aliphatic rings. The van der Waals surface area contributed by atoms with Crippen molar-refractivity contribution in [2.75, 3.05) is 20.1 Å². The van der Waals surface area contributed by atoms with Gasteiger partial charge in [-0.25, -0.2) is 13.1 Å². The fourth-order valence-electron chi connectivity index (χ4n) is 2.61. The molecule has 0 radical (unpaired) electrons. The van der Waals surface area contributed by atoms with Gasteiger partial charge in [-0.1, -0.05) is 6.07 Å². The summed E-state index contributed by atoms with van der Waals surface area (Å²) in [5, 5.41) is 0. The predicted octanol–water partition coefficient (Wildman–Crippen LogP) is 3.32. The van der Waals surface area contributed by atoms with E-state index in [4.69, 9.17) is 0 Å². The van der Waals surface area contributed by atoms with E-state index in [-0.39, 0.29) is 0 Å². The number of hydrogen-bond acceptors (Lipinski definition) is 3. The van der Waals surface area contributed by atoms with Crippen LogP contribution < -0.4 is 4.72 Å². The maximum atomic E-state index is 12.7. The first-order valence-electron chi connectivity index (χ1n) is 8.35. The van der Waals surface area contributed by atoms with Crippen molar-refractivity contribution in [1.82, 2.24) is 9.62 Å². The van der Waals surface area contributed by atoms with Crippen LogP contribution in [-0.2, 0) is 10.0 Å². The quantitative estimate of drug-likeness (QED) is 0.739. The van der Waals surface area contributed by atoms with Gasteiger partial charge in [0.25, 0.3) is 0 Å². The van der Waals surface area contributed by atoms with Crippen LogP contribution in [0.15, 0.2) is 11.0 Å². The van der Waals surface area contributed by atoms with Gasteiger partial charge >= 0.3 is 0 Å². The third-order valence-corrected chi connectivity index (χ3v) is 6.41. The molecular weight excluding hydrogens is 308 g/mol. The molecule has 1 aromatic rings. The minimum Gasteiger partial charge on any atom is -0.304 e. The van der Waals surface area contributed by atoms with E-state index < -0.39 is 10.0 Å². The van der Waals surface area contributed by atoms with Crippen molar-refractivity contribution in [2.45, 2.75) is 65.3 Å². The fourth-order valence-corrected chi connectivity index (χ4v) is 4.29. The summed E-state index contributed by atoms with van der Waals surface area (Å²) in [6.45, 7) is 13.5. The topological polar surface area (TPSA) is 49.4 Å². The first-order chi connectivity index (χ1) is 10.6. The summed E-state index contributed by atoms with van der Waals surface area (Å²) in [5.41, 5.74) is 3.74. The maximum Gasteiger partial charge on any atom is 0.241 e. The number of nitrogens with one attached hydrogen (secondary N) is 1. The summed E-state index contributed by atoms with van der Waals surface area (Å²) >= 11 is 0. The van der Waals surface area contributed by atoms with E-state index in [1.54, 1.807) is 0 Å². The molecule has 0 unspecified atom stereocenters. The minimum absolute atomic E-state index is 0.453. The summed E-state index contributed by atoms with van der Waals surface area (Å²) in [5.74, 6) is 0. The minimum atomic E-state index is -3.45. The molecule has 0 atom stereocenters. The van der Waals surface area contributed by atoms with Crippen LogP contribution in [0.5, 0.6) is 0 Å². The highest BCUT2D eigenvalue weighted by Gasteiger charge is 2.21. The Morgan fingerprint density at radius 2 is 1.57 bits per heavy atom. The molecule has 0 fully saturated rings. The van der Waals surface area contributed by atoms with Gasteiger partial charge in [0, 0.05) is 12.6 Å². The zero-order chi connectivity index (χ0) is 17.8. The van der Waals surface area contributed by atoms with Crippen molar-refractivity contribution in [3.8, 4) is 0 Å². The Hall–Kier alpha value is -0.910. The van der Waals surface area contributed by atoms with Gasteiger partial charge in [0.1, 0.15) is 0 Å². The molecule has 0 spiro atoms. The standard InChI is InChI=1S/C18H32N2O2S/c1-13(2)20(7)11-9-8-10-19-23(21,22)18-16(5)14(3)12-15(4)17(18)6/h12-13,19H,8-11H2,1-7H3. The highest BCUT2D eigenvalue weighted by Crippen LogP contribution is 2.25. The molecule has 1 aromatic carbocycles. The lowest BCUT2D eigenvalue weighted by molar-refractivity contribution is 0.268. The number of aryl methyl sites for hydroxylation is 2. The summed E-state index contributed by atoms with van der Waals surface area (Å²) in [7, 11) is -1.35. The van der Waals surface area contributed by atoms with E-state index in [1.807, 2.05) is 33.8 Å². The van der Waals surface area contributed by atoms with Crippen LogP contribution in [-0.4, -0.2) is 39.5 Å².